The van der Waals surface area contributed by atoms with Crippen LogP contribution in [0.5, 0.6) is 0 Å². The number of piperidine rings is 1. The molecule has 2 fully saturated rings. The number of hydrogen-bond donors (Lipinski definition) is 1. The standard InChI is InChI=1S/C19H26N2O3/c1-18(2,3)24-17(23)14-4-6-15(7-5-14)21-13-19(12-16(21)22)8-10-20-11-9-19/h4-7,20H,8-13H2,1-3H3. The van der Waals surface area contributed by atoms with E-state index in [1.165, 1.54) is 0 Å². The maximum absolute atomic E-state index is 12.5. The third-order valence-corrected chi connectivity index (χ3v) is 4.80. The number of hydrogen-bond acceptors (Lipinski definition) is 4. The number of nitrogens with one attached hydrogen (secondary N) is 1. The number of amides is 1. The number of ether oxygens (including phenoxy) is 1. The molecule has 2 saturated heterocycles. The Bertz CT molecular complexity index is 625. The van der Waals surface area contributed by atoms with Crippen LogP contribution in [-0.2, 0) is 9.53 Å². The van der Waals surface area contributed by atoms with Gasteiger partial charge in [0.2, 0.25) is 5.91 Å². The van der Waals surface area contributed by atoms with Crippen molar-refractivity contribution < 1.29 is 14.3 Å². The van der Waals surface area contributed by atoms with Crippen LogP contribution in [-0.4, -0.2) is 37.1 Å². The number of carbonyl (C=O) groups excluding carboxylic acids is 2. The van der Waals surface area contributed by atoms with E-state index >= 15 is 0 Å². The van der Waals surface area contributed by atoms with Crippen LogP contribution < -0.4 is 10.2 Å². The average Bonchev–Trinajstić information content (AvgIpc) is 2.82. The van der Waals surface area contributed by atoms with Gasteiger partial charge in [-0.1, -0.05) is 0 Å². The van der Waals surface area contributed by atoms with Gasteiger partial charge in [-0.25, -0.2) is 4.79 Å². The Balaban J connectivity index is 1.72. The molecule has 0 radical (unpaired) electrons. The second-order valence-electron chi connectivity index (χ2n) is 7.96. The molecule has 5 nitrogen and oxygen atoms in total. The Kier molecular flexibility index (Phi) is 4.38. The lowest BCUT2D eigenvalue weighted by atomic mass is 9.78. The normalized spacial score (nSPS) is 20.5. The predicted octanol–water partition coefficient (Wildman–Crippen LogP) is 2.75. The van der Waals surface area contributed by atoms with Crippen molar-refractivity contribution in [1.29, 1.82) is 0 Å². The van der Waals surface area contributed by atoms with Crippen molar-refractivity contribution in [2.24, 2.45) is 5.41 Å². The number of benzene rings is 1. The first-order chi connectivity index (χ1) is 11.3. The molecule has 3 rings (SSSR count). The molecular weight excluding hydrogens is 304 g/mol. The van der Waals surface area contributed by atoms with E-state index in [1.807, 2.05) is 37.8 Å². The topological polar surface area (TPSA) is 58.6 Å². The van der Waals surface area contributed by atoms with Gasteiger partial charge >= 0.3 is 5.97 Å². The monoisotopic (exact) mass is 330 g/mol. The van der Waals surface area contributed by atoms with Gasteiger partial charge in [0.15, 0.2) is 0 Å². The van der Waals surface area contributed by atoms with Crippen LogP contribution in [0.4, 0.5) is 5.69 Å². The highest BCUT2D eigenvalue weighted by atomic mass is 16.6. The molecule has 1 spiro atoms. The molecule has 2 aliphatic heterocycles. The van der Waals surface area contributed by atoms with Gasteiger partial charge in [-0.3, -0.25) is 4.79 Å². The van der Waals surface area contributed by atoms with Crippen molar-refractivity contribution in [2.75, 3.05) is 24.5 Å². The minimum absolute atomic E-state index is 0.117. The summed E-state index contributed by atoms with van der Waals surface area (Å²) >= 11 is 0. The molecule has 5 heteroatoms. The van der Waals surface area contributed by atoms with E-state index in [9.17, 15) is 9.59 Å². The fourth-order valence-electron chi connectivity index (χ4n) is 3.54. The summed E-state index contributed by atoms with van der Waals surface area (Å²) in [6.07, 6.45) is 2.72. The molecular formula is C19H26N2O3. The second-order valence-corrected chi connectivity index (χ2v) is 7.96. The summed E-state index contributed by atoms with van der Waals surface area (Å²) in [6.45, 7) is 8.29. The van der Waals surface area contributed by atoms with E-state index < -0.39 is 5.60 Å². The Morgan fingerprint density at radius 3 is 2.38 bits per heavy atom. The predicted molar refractivity (Wildman–Crippen MR) is 93.1 cm³/mol. The van der Waals surface area contributed by atoms with Gasteiger partial charge in [-0.15, -0.1) is 0 Å². The van der Waals surface area contributed by atoms with Crippen LogP contribution in [0.1, 0.15) is 50.4 Å². The molecule has 0 unspecified atom stereocenters. The summed E-state index contributed by atoms with van der Waals surface area (Å²) in [5, 5.41) is 3.36. The highest BCUT2D eigenvalue weighted by molar-refractivity contribution is 5.97. The van der Waals surface area contributed by atoms with Gasteiger partial charge in [0.25, 0.3) is 0 Å². The van der Waals surface area contributed by atoms with Crippen molar-refractivity contribution in [3.8, 4) is 0 Å². The molecule has 1 amide bonds. The molecule has 0 aromatic heterocycles. The Labute approximate surface area is 143 Å². The fraction of sp³-hybridized carbons (Fsp3) is 0.579. The van der Waals surface area contributed by atoms with Crippen LogP contribution in [0.25, 0.3) is 0 Å². The summed E-state index contributed by atoms with van der Waals surface area (Å²) in [4.78, 5) is 26.4. The third-order valence-electron chi connectivity index (χ3n) is 4.80. The highest BCUT2D eigenvalue weighted by Crippen LogP contribution is 2.41. The second kappa shape index (κ2) is 6.20. The molecule has 24 heavy (non-hydrogen) atoms. The molecule has 1 aromatic rings. The van der Waals surface area contributed by atoms with Crippen molar-refractivity contribution >= 4 is 17.6 Å². The zero-order chi connectivity index (χ0) is 17.4. The molecule has 0 saturated carbocycles. The summed E-state index contributed by atoms with van der Waals surface area (Å²) in [5.74, 6) is -0.154. The van der Waals surface area contributed by atoms with E-state index in [4.69, 9.17) is 4.74 Å². The maximum Gasteiger partial charge on any atom is 0.338 e. The molecule has 1 N–H and O–H groups in total. The molecule has 2 heterocycles. The number of esters is 1. The molecule has 0 bridgehead atoms. The highest BCUT2D eigenvalue weighted by Gasteiger charge is 2.44. The largest absolute Gasteiger partial charge is 0.456 e. The summed E-state index contributed by atoms with van der Waals surface area (Å²) in [7, 11) is 0. The van der Waals surface area contributed by atoms with Crippen LogP contribution in [0.15, 0.2) is 24.3 Å². The Morgan fingerprint density at radius 1 is 1.17 bits per heavy atom. The number of nitrogens with zero attached hydrogens (tertiary/aromatic N) is 1. The molecule has 2 aliphatic rings. The van der Waals surface area contributed by atoms with Gasteiger partial charge in [0.05, 0.1) is 5.56 Å². The summed E-state index contributed by atoms with van der Waals surface area (Å²) in [5.41, 5.74) is 0.980. The van der Waals surface area contributed by atoms with E-state index in [2.05, 4.69) is 5.32 Å². The molecule has 1 aromatic carbocycles. The lowest BCUT2D eigenvalue weighted by molar-refractivity contribution is -0.117. The molecule has 130 valence electrons. The first-order valence-electron chi connectivity index (χ1n) is 8.63. The smallest absolute Gasteiger partial charge is 0.338 e. The lowest BCUT2D eigenvalue weighted by Gasteiger charge is -2.33. The number of anilines is 1. The molecule has 0 aliphatic carbocycles. The zero-order valence-corrected chi connectivity index (χ0v) is 14.7. The lowest BCUT2D eigenvalue weighted by Crippen LogP contribution is -2.38. The SMILES string of the molecule is CC(C)(C)OC(=O)c1ccc(N2CC3(CCNCC3)CC2=O)cc1. The quantitative estimate of drug-likeness (QED) is 0.847. The van der Waals surface area contributed by atoms with Gasteiger partial charge in [-0.2, -0.15) is 0 Å². The van der Waals surface area contributed by atoms with E-state index in [-0.39, 0.29) is 17.3 Å². The Morgan fingerprint density at radius 2 is 1.79 bits per heavy atom. The summed E-state index contributed by atoms with van der Waals surface area (Å²) in [6, 6.07) is 7.17. The van der Waals surface area contributed by atoms with E-state index in [0.717, 1.165) is 38.2 Å². The maximum atomic E-state index is 12.5. The van der Waals surface area contributed by atoms with Crippen molar-refractivity contribution in [1.82, 2.24) is 5.32 Å². The zero-order valence-electron chi connectivity index (χ0n) is 14.7. The van der Waals surface area contributed by atoms with E-state index in [0.29, 0.717) is 12.0 Å². The molecule has 0 atom stereocenters. The first-order valence-corrected chi connectivity index (χ1v) is 8.63. The van der Waals surface area contributed by atoms with Crippen LogP contribution in [0.3, 0.4) is 0 Å². The third kappa shape index (κ3) is 3.61. The van der Waals surface area contributed by atoms with Crippen LogP contribution in [0.2, 0.25) is 0 Å². The van der Waals surface area contributed by atoms with Gasteiger partial charge < -0.3 is 15.0 Å². The van der Waals surface area contributed by atoms with Crippen LogP contribution in [0, 0.1) is 5.41 Å². The van der Waals surface area contributed by atoms with Gasteiger partial charge in [-0.05, 0) is 76.4 Å². The van der Waals surface area contributed by atoms with Crippen LogP contribution >= 0.6 is 0 Å². The van der Waals surface area contributed by atoms with Crippen molar-refractivity contribution in [3.05, 3.63) is 29.8 Å². The van der Waals surface area contributed by atoms with E-state index in [1.54, 1.807) is 12.1 Å². The van der Waals surface area contributed by atoms with Crippen molar-refractivity contribution in [3.63, 3.8) is 0 Å². The summed E-state index contributed by atoms with van der Waals surface area (Å²) < 4.78 is 5.37. The van der Waals surface area contributed by atoms with Gasteiger partial charge in [0.1, 0.15) is 5.60 Å². The fourth-order valence-corrected chi connectivity index (χ4v) is 3.54. The first kappa shape index (κ1) is 17.0. The number of rotatable bonds is 2. The Hall–Kier alpha value is -1.88. The van der Waals surface area contributed by atoms with Gasteiger partial charge in [0, 0.05) is 18.7 Å². The van der Waals surface area contributed by atoms with Crippen molar-refractivity contribution in [2.45, 2.75) is 45.6 Å². The number of carbonyl (C=O) groups is 2. The average molecular weight is 330 g/mol. The minimum Gasteiger partial charge on any atom is -0.456 e. The minimum atomic E-state index is -0.512.